The third-order valence-corrected chi connectivity index (χ3v) is 3.65. The highest BCUT2D eigenvalue weighted by Gasteiger charge is 2.29. The van der Waals surface area contributed by atoms with Crippen LogP contribution in [-0.4, -0.2) is 23.7 Å². The molecule has 0 amide bonds. The van der Waals surface area contributed by atoms with Crippen LogP contribution in [0.5, 0.6) is 0 Å². The van der Waals surface area contributed by atoms with Crippen LogP contribution in [0.3, 0.4) is 0 Å². The van der Waals surface area contributed by atoms with Gasteiger partial charge in [-0.1, -0.05) is 0 Å². The van der Waals surface area contributed by atoms with Crippen LogP contribution in [0.25, 0.3) is 0 Å². The lowest BCUT2D eigenvalue weighted by Gasteiger charge is -2.35. The molecule has 1 aromatic rings. The Morgan fingerprint density at radius 1 is 1.12 bits per heavy atom. The monoisotopic (exact) mass is 257 g/mol. The molecule has 16 heavy (non-hydrogen) atoms. The molecule has 1 aromatic carbocycles. The van der Waals surface area contributed by atoms with Gasteiger partial charge in [-0.15, -0.1) is 23.2 Å². The van der Waals surface area contributed by atoms with Gasteiger partial charge in [0.15, 0.2) is 0 Å². The maximum Gasteiger partial charge on any atom is 0.150 e. The Morgan fingerprint density at radius 3 is 2.19 bits per heavy atom. The van der Waals surface area contributed by atoms with Gasteiger partial charge in [-0.05, 0) is 37.1 Å². The minimum atomic E-state index is -0.570. The van der Waals surface area contributed by atoms with E-state index in [1.54, 1.807) is 0 Å². The van der Waals surface area contributed by atoms with E-state index in [1.165, 1.54) is 0 Å². The number of benzene rings is 1. The Balaban J connectivity index is 2.05. The van der Waals surface area contributed by atoms with Crippen molar-refractivity contribution in [1.29, 1.82) is 0 Å². The zero-order chi connectivity index (χ0) is 11.6. The number of carbonyl (C=O) groups excluding carboxylic acids is 1. The average Bonchev–Trinajstić information content (AvgIpc) is 2.29. The zero-order valence-corrected chi connectivity index (χ0v) is 10.3. The van der Waals surface area contributed by atoms with Crippen LogP contribution in [0.1, 0.15) is 23.2 Å². The van der Waals surface area contributed by atoms with Crippen molar-refractivity contribution < 1.29 is 4.79 Å². The highest BCUT2D eigenvalue weighted by molar-refractivity contribution is 6.48. The zero-order valence-electron chi connectivity index (χ0n) is 8.83. The molecule has 0 saturated carbocycles. The molecule has 0 N–H and O–H groups in total. The van der Waals surface area contributed by atoms with Gasteiger partial charge in [0.1, 0.15) is 10.6 Å². The van der Waals surface area contributed by atoms with Gasteiger partial charge in [-0.2, -0.15) is 0 Å². The standard InChI is InChI=1S/C12H13Cl2NO/c13-12(14)5-7-15(8-6-12)11-3-1-10(9-16)2-4-11/h1-4,9H,5-8H2. The van der Waals surface area contributed by atoms with Crippen LogP contribution >= 0.6 is 23.2 Å². The summed E-state index contributed by atoms with van der Waals surface area (Å²) in [6.07, 6.45) is 2.39. The number of hydrogen-bond acceptors (Lipinski definition) is 2. The van der Waals surface area contributed by atoms with E-state index < -0.39 is 4.33 Å². The van der Waals surface area contributed by atoms with Crippen molar-refractivity contribution in [1.82, 2.24) is 0 Å². The van der Waals surface area contributed by atoms with E-state index in [-0.39, 0.29) is 0 Å². The maximum atomic E-state index is 10.5. The van der Waals surface area contributed by atoms with E-state index in [4.69, 9.17) is 23.2 Å². The Hall–Kier alpha value is -0.730. The number of nitrogens with zero attached hydrogens (tertiary/aromatic N) is 1. The van der Waals surface area contributed by atoms with E-state index in [9.17, 15) is 4.79 Å². The highest BCUT2D eigenvalue weighted by atomic mass is 35.5. The van der Waals surface area contributed by atoms with Gasteiger partial charge >= 0.3 is 0 Å². The smallest absolute Gasteiger partial charge is 0.150 e. The number of anilines is 1. The lowest BCUT2D eigenvalue weighted by Crippen LogP contribution is -2.38. The topological polar surface area (TPSA) is 20.3 Å². The van der Waals surface area contributed by atoms with Gasteiger partial charge in [-0.25, -0.2) is 0 Å². The Kier molecular flexibility index (Phi) is 3.41. The largest absolute Gasteiger partial charge is 0.371 e. The number of halogens is 2. The minimum absolute atomic E-state index is 0.570. The van der Waals surface area contributed by atoms with Crippen LogP contribution in [-0.2, 0) is 0 Å². The summed E-state index contributed by atoms with van der Waals surface area (Å²) in [5.74, 6) is 0. The van der Waals surface area contributed by atoms with Crippen LogP contribution in [0, 0.1) is 0 Å². The summed E-state index contributed by atoms with van der Waals surface area (Å²) in [6.45, 7) is 1.71. The Morgan fingerprint density at radius 2 is 1.69 bits per heavy atom. The first kappa shape index (κ1) is 11.7. The summed E-state index contributed by atoms with van der Waals surface area (Å²) in [6, 6.07) is 7.57. The van der Waals surface area contributed by atoms with Gasteiger partial charge in [0, 0.05) is 24.3 Å². The van der Waals surface area contributed by atoms with E-state index in [2.05, 4.69) is 4.90 Å². The van der Waals surface area contributed by atoms with Crippen molar-refractivity contribution >= 4 is 35.2 Å². The lowest BCUT2D eigenvalue weighted by molar-refractivity contribution is 0.112. The molecule has 1 aliphatic heterocycles. The normalized spacial score (nSPS) is 19.5. The molecule has 0 bridgehead atoms. The molecule has 0 aliphatic carbocycles. The molecule has 1 saturated heterocycles. The fourth-order valence-corrected chi connectivity index (χ4v) is 2.19. The lowest BCUT2D eigenvalue weighted by atomic mass is 10.1. The molecule has 0 spiro atoms. The fraction of sp³-hybridized carbons (Fsp3) is 0.417. The number of carbonyl (C=O) groups is 1. The second-order valence-corrected chi connectivity index (χ2v) is 5.69. The third-order valence-electron chi connectivity index (χ3n) is 2.89. The SMILES string of the molecule is O=Cc1ccc(N2CCC(Cl)(Cl)CC2)cc1. The van der Waals surface area contributed by atoms with Crippen molar-refractivity contribution in [2.45, 2.75) is 17.2 Å². The fourth-order valence-electron chi connectivity index (χ4n) is 1.86. The molecule has 0 atom stereocenters. The van der Waals surface area contributed by atoms with Gasteiger partial charge < -0.3 is 4.90 Å². The number of hydrogen-bond donors (Lipinski definition) is 0. The molecule has 0 aromatic heterocycles. The van der Waals surface area contributed by atoms with Crippen molar-refractivity contribution in [3.05, 3.63) is 29.8 Å². The van der Waals surface area contributed by atoms with Gasteiger partial charge in [0.25, 0.3) is 0 Å². The number of alkyl halides is 2. The van der Waals surface area contributed by atoms with Gasteiger partial charge in [-0.3, -0.25) is 4.79 Å². The predicted octanol–water partition coefficient (Wildman–Crippen LogP) is 3.27. The molecule has 1 heterocycles. The third kappa shape index (κ3) is 2.69. The van der Waals surface area contributed by atoms with Crippen molar-refractivity contribution in [2.75, 3.05) is 18.0 Å². The quantitative estimate of drug-likeness (QED) is 0.599. The number of rotatable bonds is 2. The van der Waals surface area contributed by atoms with Crippen molar-refractivity contribution in [3.8, 4) is 0 Å². The molecule has 86 valence electrons. The summed E-state index contributed by atoms with van der Waals surface area (Å²) < 4.78 is -0.570. The predicted molar refractivity (Wildman–Crippen MR) is 67.7 cm³/mol. The van der Waals surface area contributed by atoms with Gasteiger partial charge in [0.05, 0.1) is 0 Å². The molecule has 0 unspecified atom stereocenters. The summed E-state index contributed by atoms with van der Waals surface area (Å²) in [5, 5.41) is 0. The summed E-state index contributed by atoms with van der Waals surface area (Å²) in [7, 11) is 0. The van der Waals surface area contributed by atoms with Crippen molar-refractivity contribution in [3.63, 3.8) is 0 Å². The van der Waals surface area contributed by atoms with E-state index in [1.807, 2.05) is 24.3 Å². The molecule has 4 heteroatoms. The number of aldehydes is 1. The summed E-state index contributed by atoms with van der Waals surface area (Å²) >= 11 is 12.1. The Labute approximate surface area is 105 Å². The van der Waals surface area contributed by atoms with Gasteiger partial charge in [0.2, 0.25) is 0 Å². The number of piperidine rings is 1. The Bertz CT molecular complexity index is 365. The first-order valence-corrected chi connectivity index (χ1v) is 6.04. The second kappa shape index (κ2) is 4.64. The van der Waals surface area contributed by atoms with Crippen LogP contribution in [0.2, 0.25) is 0 Å². The first-order chi connectivity index (χ1) is 7.61. The molecule has 2 rings (SSSR count). The van der Waals surface area contributed by atoms with Crippen LogP contribution < -0.4 is 4.90 Å². The molecule has 2 nitrogen and oxygen atoms in total. The molecular weight excluding hydrogens is 245 g/mol. The molecule has 0 radical (unpaired) electrons. The second-order valence-electron chi connectivity index (χ2n) is 4.05. The first-order valence-electron chi connectivity index (χ1n) is 5.29. The van der Waals surface area contributed by atoms with Crippen LogP contribution in [0.15, 0.2) is 24.3 Å². The van der Waals surface area contributed by atoms with E-state index >= 15 is 0 Å². The average molecular weight is 258 g/mol. The minimum Gasteiger partial charge on any atom is -0.371 e. The molecular formula is C12H13Cl2NO. The molecule has 1 fully saturated rings. The van der Waals surface area contributed by atoms with Crippen molar-refractivity contribution in [2.24, 2.45) is 0 Å². The van der Waals surface area contributed by atoms with Crippen LogP contribution in [0.4, 0.5) is 5.69 Å². The van der Waals surface area contributed by atoms with E-state index in [0.717, 1.165) is 37.9 Å². The van der Waals surface area contributed by atoms with E-state index in [0.29, 0.717) is 5.56 Å². The summed E-state index contributed by atoms with van der Waals surface area (Å²) in [5.41, 5.74) is 1.82. The maximum absolute atomic E-state index is 10.5. The molecule has 1 aliphatic rings. The highest BCUT2D eigenvalue weighted by Crippen LogP contribution is 2.34. The summed E-state index contributed by atoms with van der Waals surface area (Å²) in [4.78, 5) is 12.8.